The van der Waals surface area contributed by atoms with Gasteiger partial charge in [0.05, 0.1) is 0 Å². The summed E-state index contributed by atoms with van der Waals surface area (Å²) in [5.41, 5.74) is 3.92. The number of fused-ring (bicyclic) bond motifs is 1. The van der Waals surface area contributed by atoms with Gasteiger partial charge in [-0.3, -0.25) is 9.59 Å². The van der Waals surface area contributed by atoms with Crippen LogP contribution < -0.4 is 10.2 Å². The molecule has 0 atom stereocenters. The van der Waals surface area contributed by atoms with E-state index in [-0.39, 0.29) is 17.7 Å². The van der Waals surface area contributed by atoms with Gasteiger partial charge in [-0.1, -0.05) is 36.8 Å². The fourth-order valence-electron chi connectivity index (χ4n) is 3.49. The van der Waals surface area contributed by atoms with Gasteiger partial charge in [-0.05, 0) is 48.6 Å². The Bertz CT molecular complexity index is 797. The number of amides is 2. The Morgan fingerprint density at radius 3 is 2.60 bits per heavy atom. The molecule has 1 fully saturated rings. The predicted molar refractivity (Wildman–Crippen MR) is 97.5 cm³/mol. The maximum Gasteiger partial charge on any atom is 0.258 e. The summed E-state index contributed by atoms with van der Waals surface area (Å²) in [7, 11) is 0. The van der Waals surface area contributed by atoms with Crippen molar-refractivity contribution >= 4 is 17.5 Å². The van der Waals surface area contributed by atoms with E-state index in [0.717, 1.165) is 36.9 Å². The molecular formula is C21H22N2O2. The van der Waals surface area contributed by atoms with E-state index in [1.807, 2.05) is 41.3 Å². The van der Waals surface area contributed by atoms with Crippen molar-refractivity contribution in [2.24, 2.45) is 5.92 Å². The molecule has 4 heteroatoms. The van der Waals surface area contributed by atoms with E-state index in [4.69, 9.17) is 0 Å². The number of benzene rings is 2. The van der Waals surface area contributed by atoms with Crippen molar-refractivity contribution in [1.29, 1.82) is 0 Å². The van der Waals surface area contributed by atoms with E-state index in [1.54, 1.807) is 0 Å². The number of nitrogens with one attached hydrogen (secondary N) is 1. The van der Waals surface area contributed by atoms with E-state index in [1.165, 1.54) is 5.56 Å². The lowest BCUT2D eigenvalue weighted by molar-refractivity contribution is -0.127. The van der Waals surface area contributed by atoms with Crippen molar-refractivity contribution in [2.45, 2.75) is 32.2 Å². The molecule has 4 nitrogen and oxygen atoms in total. The zero-order chi connectivity index (χ0) is 17.2. The molecule has 2 amide bonds. The van der Waals surface area contributed by atoms with Gasteiger partial charge >= 0.3 is 0 Å². The third kappa shape index (κ3) is 3.16. The minimum absolute atomic E-state index is 0.0370. The zero-order valence-corrected chi connectivity index (χ0v) is 14.2. The highest BCUT2D eigenvalue weighted by Gasteiger charge is 2.27. The molecule has 2 aliphatic rings. The molecule has 1 aliphatic heterocycles. The molecule has 0 saturated heterocycles. The molecule has 0 spiro atoms. The molecule has 128 valence electrons. The van der Waals surface area contributed by atoms with Crippen LogP contribution in [0.15, 0.2) is 48.5 Å². The summed E-state index contributed by atoms with van der Waals surface area (Å²) in [4.78, 5) is 26.6. The Kier molecular flexibility index (Phi) is 4.26. The Balaban J connectivity index is 1.49. The summed E-state index contributed by atoms with van der Waals surface area (Å²) in [6, 6.07) is 15.6. The van der Waals surface area contributed by atoms with Crippen molar-refractivity contribution < 1.29 is 9.59 Å². The van der Waals surface area contributed by atoms with Gasteiger partial charge in [-0.15, -0.1) is 0 Å². The van der Waals surface area contributed by atoms with E-state index >= 15 is 0 Å². The lowest BCUT2D eigenvalue weighted by Gasteiger charge is -2.24. The number of carbonyl (C=O) groups excluding carboxylic acids is 2. The molecule has 4 rings (SSSR count). The summed E-state index contributed by atoms with van der Waals surface area (Å²) in [5.74, 6) is 0.393. The molecular weight excluding hydrogens is 312 g/mol. The second-order valence-corrected chi connectivity index (χ2v) is 6.88. The molecule has 1 heterocycles. The zero-order valence-electron chi connectivity index (χ0n) is 14.2. The van der Waals surface area contributed by atoms with Crippen molar-refractivity contribution in [1.82, 2.24) is 5.32 Å². The monoisotopic (exact) mass is 334 g/mol. The van der Waals surface area contributed by atoms with Gasteiger partial charge in [0.15, 0.2) is 0 Å². The smallest absolute Gasteiger partial charge is 0.258 e. The quantitative estimate of drug-likeness (QED) is 0.932. The van der Waals surface area contributed by atoms with Gasteiger partial charge < -0.3 is 10.2 Å². The second-order valence-electron chi connectivity index (χ2n) is 6.88. The minimum Gasteiger partial charge on any atom is -0.352 e. The van der Waals surface area contributed by atoms with Gasteiger partial charge in [0, 0.05) is 30.3 Å². The van der Waals surface area contributed by atoms with Gasteiger partial charge in [0.1, 0.15) is 0 Å². The molecule has 0 aromatic heterocycles. The second kappa shape index (κ2) is 6.71. The lowest BCUT2D eigenvalue weighted by Crippen LogP contribution is -2.34. The Morgan fingerprint density at radius 2 is 1.88 bits per heavy atom. The standard InChI is InChI=1S/C21H22N2O2/c24-20(17-7-4-8-17)22-14-15-9-10-16-11-12-23(19(16)13-15)21(25)18-5-2-1-3-6-18/h1-3,5-6,9-10,13,17H,4,7-8,11-12,14H2,(H,22,24). The molecule has 1 saturated carbocycles. The van der Waals surface area contributed by atoms with Crippen molar-refractivity contribution in [3.63, 3.8) is 0 Å². The molecule has 0 radical (unpaired) electrons. The summed E-state index contributed by atoms with van der Waals surface area (Å²) in [6.45, 7) is 1.23. The fraction of sp³-hybridized carbons (Fsp3) is 0.333. The highest BCUT2D eigenvalue weighted by Crippen LogP contribution is 2.31. The third-order valence-corrected chi connectivity index (χ3v) is 5.25. The molecule has 1 aliphatic carbocycles. The normalized spacial score (nSPS) is 16.2. The number of anilines is 1. The average molecular weight is 334 g/mol. The summed E-state index contributed by atoms with van der Waals surface area (Å²) < 4.78 is 0. The van der Waals surface area contributed by atoms with Crippen LogP contribution in [0, 0.1) is 5.92 Å². The van der Waals surface area contributed by atoms with E-state index in [9.17, 15) is 9.59 Å². The fourth-order valence-corrected chi connectivity index (χ4v) is 3.49. The van der Waals surface area contributed by atoms with Gasteiger partial charge in [0.2, 0.25) is 5.91 Å². The van der Waals surface area contributed by atoms with Crippen molar-refractivity contribution in [3.8, 4) is 0 Å². The molecule has 0 bridgehead atoms. The number of nitrogens with zero attached hydrogens (tertiary/aromatic N) is 1. The topological polar surface area (TPSA) is 49.4 Å². The first-order chi connectivity index (χ1) is 12.2. The van der Waals surface area contributed by atoms with Crippen LogP contribution in [0.5, 0.6) is 0 Å². The molecule has 2 aromatic rings. The van der Waals surface area contributed by atoms with Gasteiger partial charge in [-0.2, -0.15) is 0 Å². The number of rotatable bonds is 4. The van der Waals surface area contributed by atoms with E-state index in [0.29, 0.717) is 18.7 Å². The minimum atomic E-state index is 0.0370. The third-order valence-electron chi connectivity index (χ3n) is 5.25. The summed E-state index contributed by atoms with van der Waals surface area (Å²) >= 11 is 0. The summed E-state index contributed by atoms with van der Waals surface area (Å²) in [6.07, 6.45) is 4.06. The van der Waals surface area contributed by atoms with Crippen molar-refractivity contribution in [2.75, 3.05) is 11.4 Å². The largest absolute Gasteiger partial charge is 0.352 e. The molecule has 25 heavy (non-hydrogen) atoms. The lowest BCUT2D eigenvalue weighted by atomic mass is 9.85. The SMILES string of the molecule is O=C(NCc1ccc2c(c1)N(C(=O)c1ccccc1)CC2)C1CCC1. The first-order valence-corrected chi connectivity index (χ1v) is 8.99. The van der Waals surface area contributed by atoms with Gasteiger partial charge in [-0.25, -0.2) is 0 Å². The highest BCUT2D eigenvalue weighted by atomic mass is 16.2. The first-order valence-electron chi connectivity index (χ1n) is 8.99. The van der Waals surface area contributed by atoms with Crippen LogP contribution in [-0.4, -0.2) is 18.4 Å². The van der Waals surface area contributed by atoms with E-state index in [2.05, 4.69) is 17.4 Å². The molecule has 0 unspecified atom stereocenters. The van der Waals surface area contributed by atoms with Crippen LogP contribution in [0.1, 0.15) is 40.7 Å². The van der Waals surface area contributed by atoms with E-state index < -0.39 is 0 Å². The number of hydrogen-bond acceptors (Lipinski definition) is 2. The van der Waals surface area contributed by atoms with Gasteiger partial charge in [0.25, 0.3) is 5.91 Å². The van der Waals surface area contributed by atoms with Crippen LogP contribution in [0.3, 0.4) is 0 Å². The summed E-state index contributed by atoms with van der Waals surface area (Å²) in [5, 5.41) is 3.03. The van der Waals surface area contributed by atoms with Crippen LogP contribution in [0.2, 0.25) is 0 Å². The molecule has 2 aromatic carbocycles. The first kappa shape index (κ1) is 15.9. The Morgan fingerprint density at radius 1 is 1.08 bits per heavy atom. The maximum atomic E-state index is 12.8. The maximum absolute atomic E-state index is 12.8. The number of carbonyl (C=O) groups is 2. The van der Waals surface area contributed by atoms with Crippen LogP contribution in [0.25, 0.3) is 0 Å². The van der Waals surface area contributed by atoms with Crippen LogP contribution >= 0.6 is 0 Å². The van der Waals surface area contributed by atoms with Crippen LogP contribution in [0.4, 0.5) is 5.69 Å². The highest BCUT2D eigenvalue weighted by molar-refractivity contribution is 6.07. The average Bonchev–Trinajstić information content (AvgIpc) is 3.02. The van der Waals surface area contributed by atoms with Crippen molar-refractivity contribution in [3.05, 3.63) is 65.2 Å². The Labute approximate surface area is 147 Å². The number of hydrogen-bond donors (Lipinski definition) is 1. The Hall–Kier alpha value is -2.62. The predicted octanol–water partition coefficient (Wildman–Crippen LogP) is 3.31. The van der Waals surface area contributed by atoms with Crippen LogP contribution in [-0.2, 0) is 17.8 Å². The molecule has 1 N–H and O–H groups in total.